The topological polar surface area (TPSA) is 63.8 Å². The van der Waals surface area contributed by atoms with Crippen molar-refractivity contribution in [2.75, 3.05) is 5.32 Å². The lowest BCUT2D eigenvalue weighted by atomic mass is 10.1. The van der Waals surface area contributed by atoms with Gasteiger partial charge in [-0.1, -0.05) is 65.4 Å². The van der Waals surface area contributed by atoms with Crippen LogP contribution in [0, 0.1) is 0 Å². The van der Waals surface area contributed by atoms with E-state index in [2.05, 4.69) is 26.6 Å². The minimum Gasteiger partial charge on any atom is -0.418 e. The summed E-state index contributed by atoms with van der Waals surface area (Å²) in [6.07, 6.45) is 0. The zero-order valence-corrected chi connectivity index (χ0v) is 16.7. The predicted molar refractivity (Wildman–Crippen MR) is 116 cm³/mol. The van der Waals surface area contributed by atoms with Gasteiger partial charge in [0, 0.05) is 10.6 Å². The maximum Gasteiger partial charge on any atom is 0.247 e. The van der Waals surface area contributed by atoms with Crippen LogP contribution in [-0.2, 0) is 0 Å². The average molecular weight is 419 g/mol. The molecule has 0 bridgehead atoms. The van der Waals surface area contributed by atoms with Gasteiger partial charge < -0.3 is 9.73 Å². The summed E-state index contributed by atoms with van der Waals surface area (Å²) in [5.41, 5.74) is 2.78. The molecule has 0 aliphatic heterocycles. The van der Waals surface area contributed by atoms with Gasteiger partial charge in [-0.05, 0) is 42.0 Å². The van der Waals surface area contributed by atoms with Crippen LogP contribution in [0.4, 0.5) is 5.13 Å². The van der Waals surface area contributed by atoms with Gasteiger partial charge in [-0.3, -0.25) is 0 Å². The van der Waals surface area contributed by atoms with Crippen LogP contribution in [0.25, 0.3) is 21.7 Å². The fourth-order valence-corrected chi connectivity index (χ4v) is 4.07. The molecule has 5 nitrogen and oxygen atoms in total. The van der Waals surface area contributed by atoms with Gasteiger partial charge in [0.1, 0.15) is 6.04 Å². The van der Waals surface area contributed by atoms with Crippen LogP contribution < -0.4 is 5.32 Å². The Bertz CT molecular complexity index is 1220. The highest BCUT2D eigenvalue weighted by Crippen LogP contribution is 2.32. The maximum atomic E-state index is 6.08. The smallest absolute Gasteiger partial charge is 0.247 e. The molecule has 0 spiro atoms. The molecule has 1 unspecified atom stereocenters. The molecule has 7 heteroatoms. The van der Waals surface area contributed by atoms with Crippen LogP contribution in [0.1, 0.15) is 17.5 Å². The normalized spacial score (nSPS) is 12.2. The molecule has 3 aromatic carbocycles. The number of fused-ring (bicyclic) bond motifs is 1. The lowest BCUT2D eigenvalue weighted by Crippen LogP contribution is -2.12. The highest BCUT2D eigenvalue weighted by Gasteiger charge is 2.23. The van der Waals surface area contributed by atoms with Crippen molar-refractivity contribution in [3.8, 4) is 11.5 Å². The van der Waals surface area contributed by atoms with Crippen LogP contribution in [0.15, 0.2) is 83.3 Å². The highest BCUT2D eigenvalue weighted by atomic mass is 35.5. The number of aromatic nitrogens is 3. The SMILES string of the molecule is Clc1ccc(C(Nc2nc3ccccc3s2)c2nnc(-c3ccccc3)o2)cc1. The molecule has 0 aliphatic carbocycles. The molecule has 2 aromatic heterocycles. The summed E-state index contributed by atoms with van der Waals surface area (Å²) in [4.78, 5) is 4.68. The van der Waals surface area contributed by atoms with Crippen LogP contribution in [0.3, 0.4) is 0 Å². The van der Waals surface area contributed by atoms with Crippen molar-refractivity contribution in [1.82, 2.24) is 15.2 Å². The number of anilines is 1. The second-order valence-electron chi connectivity index (χ2n) is 6.43. The van der Waals surface area contributed by atoms with Crippen molar-refractivity contribution >= 4 is 38.3 Å². The van der Waals surface area contributed by atoms with Crippen LogP contribution in [0.2, 0.25) is 5.02 Å². The van der Waals surface area contributed by atoms with Crippen molar-refractivity contribution in [3.05, 3.63) is 95.3 Å². The summed E-state index contributed by atoms with van der Waals surface area (Å²) in [5, 5.41) is 13.4. The van der Waals surface area contributed by atoms with Gasteiger partial charge in [0.2, 0.25) is 11.8 Å². The van der Waals surface area contributed by atoms with E-state index in [1.165, 1.54) is 0 Å². The number of halogens is 1. The first-order valence-electron chi connectivity index (χ1n) is 9.03. The summed E-state index contributed by atoms with van der Waals surface area (Å²) in [5.74, 6) is 0.941. The van der Waals surface area contributed by atoms with Gasteiger partial charge in [-0.2, -0.15) is 0 Å². The summed E-state index contributed by atoms with van der Waals surface area (Å²) in [6, 6.07) is 25.0. The molecule has 29 heavy (non-hydrogen) atoms. The molecule has 0 saturated heterocycles. The largest absolute Gasteiger partial charge is 0.418 e. The van der Waals surface area contributed by atoms with Crippen molar-refractivity contribution in [3.63, 3.8) is 0 Å². The van der Waals surface area contributed by atoms with E-state index < -0.39 is 0 Å². The Hall–Kier alpha value is -3.22. The molecule has 5 rings (SSSR count). The van der Waals surface area contributed by atoms with E-state index in [1.807, 2.05) is 72.8 Å². The van der Waals surface area contributed by atoms with E-state index in [0.717, 1.165) is 26.5 Å². The molecule has 0 radical (unpaired) electrons. The third kappa shape index (κ3) is 3.72. The summed E-state index contributed by atoms with van der Waals surface area (Å²) in [7, 11) is 0. The van der Waals surface area contributed by atoms with Gasteiger partial charge >= 0.3 is 0 Å². The van der Waals surface area contributed by atoms with Crippen LogP contribution >= 0.6 is 22.9 Å². The first-order chi connectivity index (χ1) is 14.3. The van der Waals surface area contributed by atoms with E-state index in [0.29, 0.717) is 16.8 Å². The zero-order chi connectivity index (χ0) is 19.6. The molecule has 1 N–H and O–H groups in total. The standard InChI is InChI=1S/C22H15ClN4OS/c23-16-12-10-14(11-13-16)19(25-22-24-17-8-4-5-9-18(17)29-22)21-27-26-20(28-21)15-6-2-1-3-7-15/h1-13,19H,(H,24,25). The fraction of sp³-hybridized carbons (Fsp3) is 0.0455. The van der Waals surface area contributed by atoms with Gasteiger partial charge in [0.15, 0.2) is 5.13 Å². The molecule has 1 atom stereocenters. The third-order valence-corrected chi connectivity index (χ3v) is 5.69. The number of nitrogens with one attached hydrogen (secondary N) is 1. The molecule has 142 valence electrons. The number of hydrogen-bond acceptors (Lipinski definition) is 6. The molecule has 5 aromatic rings. The number of rotatable bonds is 5. The quantitative estimate of drug-likeness (QED) is 0.368. The van der Waals surface area contributed by atoms with Crippen LogP contribution in [-0.4, -0.2) is 15.2 Å². The van der Waals surface area contributed by atoms with Crippen molar-refractivity contribution in [1.29, 1.82) is 0 Å². The minimum absolute atomic E-state index is 0.349. The third-order valence-electron chi connectivity index (χ3n) is 4.47. The van der Waals surface area contributed by atoms with Crippen LogP contribution in [0.5, 0.6) is 0 Å². The predicted octanol–water partition coefficient (Wildman–Crippen LogP) is 6.20. The number of benzene rings is 3. The summed E-state index contributed by atoms with van der Waals surface area (Å²) in [6.45, 7) is 0. The molecule has 0 amide bonds. The molecule has 0 fully saturated rings. The fourth-order valence-electron chi connectivity index (χ4n) is 3.05. The Morgan fingerprint density at radius 2 is 1.62 bits per heavy atom. The maximum absolute atomic E-state index is 6.08. The molecule has 0 saturated carbocycles. The van der Waals surface area contributed by atoms with Gasteiger partial charge in [0.05, 0.1) is 10.2 Å². The number of para-hydroxylation sites is 1. The second-order valence-corrected chi connectivity index (χ2v) is 7.89. The molecular weight excluding hydrogens is 404 g/mol. The zero-order valence-electron chi connectivity index (χ0n) is 15.1. The van der Waals surface area contributed by atoms with Crippen molar-refractivity contribution in [2.24, 2.45) is 0 Å². The Balaban J connectivity index is 1.53. The van der Waals surface area contributed by atoms with E-state index in [1.54, 1.807) is 11.3 Å². The van der Waals surface area contributed by atoms with Crippen molar-refractivity contribution in [2.45, 2.75) is 6.04 Å². The van der Waals surface area contributed by atoms with E-state index in [4.69, 9.17) is 16.0 Å². The number of hydrogen-bond donors (Lipinski definition) is 1. The lowest BCUT2D eigenvalue weighted by molar-refractivity contribution is 0.494. The Labute approximate surface area is 176 Å². The van der Waals surface area contributed by atoms with E-state index in [-0.39, 0.29) is 6.04 Å². The first kappa shape index (κ1) is 17.8. The Kier molecular flexibility index (Phi) is 4.71. The number of nitrogens with zero attached hydrogens (tertiary/aromatic N) is 3. The Morgan fingerprint density at radius 3 is 2.41 bits per heavy atom. The van der Waals surface area contributed by atoms with Crippen molar-refractivity contribution < 1.29 is 4.42 Å². The molecular formula is C22H15ClN4OS. The monoisotopic (exact) mass is 418 g/mol. The molecule has 2 heterocycles. The Morgan fingerprint density at radius 1 is 0.862 bits per heavy atom. The second kappa shape index (κ2) is 7.66. The van der Waals surface area contributed by atoms with Gasteiger partial charge in [-0.25, -0.2) is 4.98 Å². The van der Waals surface area contributed by atoms with Gasteiger partial charge in [-0.15, -0.1) is 10.2 Å². The average Bonchev–Trinajstić information content (AvgIpc) is 3.40. The molecule has 0 aliphatic rings. The minimum atomic E-state index is -0.349. The highest BCUT2D eigenvalue weighted by molar-refractivity contribution is 7.22. The summed E-state index contributed by atoms with van der Waals surface area (Å²) >= 11 is 7.66. The first-order valence-corrected chi connectivity index (χ1v) is 10.2. The lowest BCUT2D eigenvalue weighted by Gasteiger charge is -2.15. The number of thiazole rings is 1. The summed E-state index contributed by atoms with van der Waals surface area (Å²) < 4.78 is 7.13. The van der Waals surface area contributed by atoms with Gasteiger partial charge in [0.25, 0.3) is 0 Å². The van der Waals surface area contributed by atoms with E-state index >= 15 is 0 Å². The van der Waals surface area contributed by atoms with E-state index in [9.17, 15) is 0 Å².